The number of aliphatic imine (C=N–C) groups is 1. The van der Waals surface area contributed by atoms with Crippen LogP contribution in [0.5, 0.6) is 5.75 Å². The third kappa shape index (κ3) is 6.93. The standard InChI is InChI=1S/C17H25F2N3O2.HI/c1-3-23-13-6-9-22(10-7-13)17(20-2)21-8-11-24-14-4-5-15(18)16(19)12-14;/h4-5,12-13H,3,6-11H2,1-2H3,(H,20,21);1H. The molecule has 1 aliphatic rings. The Morgan fingerprint density at radius 1 is 1.28 bits per heavy atom. The lowest BCUT2D eigenvalue weighted by Gasteiger charge is -2.34. The Morgan fingerprint density at radius 3 is 2.60 bits per heavy atom. The van der Waals surface area contributed by atoms with Gasteiger partial charge in [-0.1, -0.05) is 0 Å². The molecule has 1 aromatic carbocycles. The zero-order valence-corrected chi connectivity index (χ0v) is 17.0. The van der Waals surface area contributed by atoms with Crippen LogP contribution in [-0.2, 0) is 4.74 Å². The molecule has 0 spiro atoms. The van der Waals surface area contributed by atoms with Crippen LogP contribution in [0, 0.1) is 11.6 Å². The van der Waals surface area contributed by atoms with E-state index in [0.29, 0.717) is 25.0 Å². The molecule has 0 amide bonds. The highest BCUT2D eigenvalue weighted by atomic mass is 127. The molecule has 8 heteroatoms. The number of ether oxygens (including phenoxy) is 2. The van der Waals surface area contributed by atoms with E-state index in [4.69, 9.17) is 9.47 Å². The average molecular weight is 469 g/mol. The van der Waals surface area contributed by atoms with E-state index in [0.717, 1.165) is 50.6 Å². The highest BCUT2D eigenvalue weighted by Crippen LogP contribution is 2.15. The minimum absolute atomic E-state index is 0. The lowest BCUT2D eigenvalue weighted by Crippen LogP contribution is -2.47. The molecule has 0 unspecified atom stereocenters. The van der Waals surface area contributed by atoms with Gasteiger partial charge in [-0.25, -0.2) is 8.78 Å². The maximum atomic E-state index is 13.1. The van der Waals surface area contributed by atoms with Gasteiger partial charge in [0.1, 0.15) is 12.4 Å². The minimum atomic E-state index is -0.909. The Hall–Kier alpha value is -1.16. The Morgan fingerprint density at radius 2 is 2.00 bits per heavy atom. The van der Waals surface area contributed by atoms with Crippen molar-refractivity contribution < 1.29 is 18.3 Å². The second-order valence-electron chi connectivity index (χ2n) is 5.54. The molecule has 0 aliphatic carbocycles. The van der Waals surface area contributed by atoms with E-state index in [9.17, 15) is 8.78 Å². The van der Waals surface area contributed by atoms with Gasteiger partial charge in [0.15, 0.2) is 17.6 Å². The summed E-state index contributed by atoms with van der Waals surface area (Å²) in [6.07, 6.45) is 2.31. The molecule has 1 fully saturated rings. The van der Waals surface area contributed by atoms with Crippen LogP contribution in [0.3, 0.4) is 0 Å². The summed E-state index contributed by atoms with van der Waals surface area (Å²) in [6, 6.07) is 3.51. The number of nitrogens with one attached hydrogen (secondary N) is 1. The molecule has 1 heterocycles. The van der Waals surface area contributed by atoms with E-state index >= 15 is 0 Å². The van der Waals surface area contributed by atoms with E-state index in [1.165, 1.54) is 6.07 Å². The van der Waals surface area contributed by atoms with Gasteiger partial charge in [-0.2, -0.15) is 0 Å². The Labute approximate surface area is 164 Å². The Bertz CT molecular complexity index is 553. The van der Waals surface area contributed by atoms with Gasteiger partial charge < -0.3 is 19.7 Å². The Balaban J connectivity index is 0.00000312. The van der Waals surface area contributed by atoms with Gasteiger partial charge in [-0.15, -0.1) is 24.0 Å². The number of hydrogen-bond acceptors (Lipinski definition) is 3. The molecule has 1 N–H and O–H groups in total. The fraction of sp³-hybridized carbons (Fsp3) is 0.588. The lowest BCUT2D eigenvalue weighted by atomic mass is 10.1. The number of nitrogens with zero attached hydrogens (tertiary/aromatic N) is 2. The summed E-state index contributed by atoms with van der Waals surface area (Å²) in [5.41, 5.74) is 0. The van der Waals surface area contributed by atoms with Gasteiger partial charge >= 0.3 is 0 Å². The second-order valence-corrected chi connectivity index (χ2v) is 5.54. The number of guanidine groups is 1. The molecule has 0 atom stereocenters. The molecule has 1 aliphatic heterocycles. The fourth-order valence-corrected chi connectivity index (χ4v) is 2.70. The van der Waals surface area contributed by atoms with Crippen molar-refractivity contribution >= 4 is 29.9 Å². The third-order valence-electron chi connectivity index (χ3n) is 3.90. The van der Waals surface area contributed by atoms with E-state index in [1.807, 2.05) is 6.92 Å². The third-order valence-corrected chi connectivity index (χ3v) is 3.90. The van der Waals surface area contributed by atoms with Crippen LogP contribution < -0.4 is 10.1 Å². The summed E-state index contributed by atoms with van der Waals surface area (Å²) in [5, 5.41) is 3.22. The molecule has 142 valence electrons. The number of rotatable bonds is 6. The second kappa shape index (κ2) is 11.5. The molecule has 5 nitrogen and oxygen atoms in total. The maximum absolute atomic E-state index is 13.1. The van der Waals surface area contributed by atoms with Crippen molar-refractivity contribution in [2.24, 2.45) is 4.99 Å². The molecule has 0 radical (unpaired) electrons. The van der Waals surface area contributed by atoms with Crippen LogP contribution in [0.2, 0.25) is 0 Å². The van der Waals surface area contributed by atoms with E-state index in [2.05, 4.69) is 15.2 Å². The van der Waals surface area contributed by atoms with Gasteiger partial charge in [-0.3, -0.25) is 4.99 Å². The molecule has 1 saturated heterocycles. The largest absolute Gasteiger partial charge is 0.492 e. The first-order chi connectivity index (χ1) is 11.6. The van der Waals surface area contributed by atoms with Crippen LogP contribution in [0.1, 0.15) is 19.8 Å². The first-order valence-electron chi connectivity index (χ1n) is 8.29. The number of benzene rings is 1. The first kappa shape index (κ1) is 21.9. The van der Waals surface area contributed by atoms with Crippen molar-refractivity contribution in [1.29, 1.82) is 0 Å². The van der Waals surface area contributed by atoms with Crippen LogP contribution >= 0.6 is 24.0 Å². The van der Waals surface area contributed by atoms with E-state index in [-0.39, 0.29) is 24.0 Å². The molecule has 2 rings (SSSR count). The normalized spacial score (nSPS) is 15.7. The summed E-state index contributed by atoms with van der Waals surface area (Å²) < 4.78 is 37.0. The van der Waals surface area contributed by atoms with Crippen LogP contribution in [0.25, 0.3) is 0 Å². The van der Waals surface area contributed by atoms with Crippen molar-refractivity contribution in [3.63, 3.8) is 0 Å². The Kier molecular flexibility index (Phi) is 10.0. The maximum Gasteiger partial charge on any atom is 0.193 e. The van der Waals surface area contributed by atoms with Gasteiger partial charge in [-0.05, 0) is 31.9 Å². The highest BCUT2D eigenvalue weighted by Gasteiger charge is 2.21. The fourth-order valence-electron chi connectivity index (χ4n) is 2.70. The van der Waals surface area contributed by atoms with Crippen LogP contribution in [-0.4, -0.2) is 56.9 Å². The molecule has 0 aromatic heterocycles. The molecule has 25 heavy (non-hydrogen) atoms. The lowest BCUT2D eigenvalue weighted by molar-refractivity contribution is 0.0263. The van der Waals surface area contributed by atoms with Gasteiger partial charge in [0.05, 0.1) is 12.6 Å². The van der Waals surface area contributed by atoms with Gasteiger partial charge in [0.25, 0.3) is 0 Å². The summed E-state index contributed by atoms with van der Waals surface area (Å²) >= 11 is 0. The molecule has 0 bridgehead atoms. The van der Waals surface area contributed by atoms with Crippen LogP contribution in [0.4, 0.5) is 8.78 Å². The topological polar surface area (TPSA) is 46.1 Å². The molecule has 1 aromatic rings. The summed E-state index contributed by atoms with van der Waals surface area (Å²) in [6.45, 7) is 5.41. The molecule has 0 saturated carbocycles. The highest BCUT2D eigenvalue weighted by molar-refractivity contribution is 14.0. The number of likely N-dealkylation sites (tertiary alicyclic amines) is 1. The number of piperidine rings is 1. The zero-order chi connectivity index (χ0) is 17.4. The smallest absolute Gasteiger partial charge is 0.193 e. The van der Waals surface area contributed by atoms with Crippen molar-refractivity contribution in [1.82, 2.24) is 10.2 Å². The minimum Gasteiger partial charge on any atom is -0.492 e. The number of halogens is 3. The summed E-state index contributed by atoms with van der Waals surface area (Å²) in [7, 11) is 1.74. The predicted molar refractivity (Wildman–Crippen MR) is 105 cm³/mol. The van der Waals surface area contributed by atoms with Crippen molar-refractivity contribution in [3.8, 4) is 5.75 Å². The molecular formula is C17H26F2IN3O2. The monoisotopic (exact) mass is 469 g/mol. The van der Waals surface area contributed by atoms with Gasteiger partial charge in [0, 0.05) is 32.8 Å². The predicted octanol–water partition coefficient (Wildman–Crippen LogP) is 3.04. The van der Waals surface area contributed by atoms with E-state index < -0.39 is 11.6 Å². The SMILES string of the molecule is CCOC1CCN(C(=NC)NCCOc2ccc(F)c(F)c2)CC1.I. The quantitative estimate of drug-likeness (QED) is 0.301. The van der Waals surface area contributed by atoms with Crippen LogP contribution in [0.15, 0.2) is 23.2 Å². The first-order valence-corrected chi connectivity index (χ1v) is 8.29. The molecular weight excluding hydrogens is 443 g/mol. The number of hydrogen-bond donors (Lipinski definition) is 1. The van der Waals surface area contributed by atoms with Crippen molar-refractivity contribution in [2.45, 2.75) is 25.9 Å². The van der Waals surface area contributed by atoms with E-state index in [1.54, 1.807) is 7.05 Å². The summed E-state index contributed by atoms with van der Waals surface area (Å²) in [4.78, 5) is 6.47. The van der Waals surface area contributed by atoms with Crippen molar-refractivity contribution in [3.05, 3.63) is 29.8 Å². The van der Waals surface area contributed by atoms with Crippen molar-refractivity contribution in [2.75, 3.05) is 39.9 Å². The average Bonchev–Trinajstić information content (AvgIpc) is 2.59. The summed E-state index contributed by atoms with van der Waals surface area (Å²) in [5.74, 6) is -0.660. The zero-order valence-electron chi connectivity index (χ0n) is 14.6. The van der Waals surface area contributed by atoms with Gasteiger partial charge in [0.2, 0.25) is 0 Å².